The fourth-order valence-electron chi connectivity index (χ4n) is 1.77. The Bertz CT molecular complexity index is 644. The van der Waals surface area contributed by atoms with Crippen molar-refractivity contribution in [1.82, 2.24) is 9.78 Å². The molecule has 1 heterocycles. The van der Waals surface area contributed by atoms with Crippen molar-refractivity contribution in [1.29, 1.82) is 0 Å². The number of ether oxygens (including phenoxy) is 1. The van der Waals surface area contributed by atoms with E-state index in [0.717, 1.165) is 4.47 Å². The van der Waals surface area contributed by atoms with Gasteiger partial charge in [-0.1, -0.05) is 22.0 Å². The molecule has 0 saturated carbocycles. The van der Waals surface area contributed by atoms with Crippen molar-refractivity contribution in [2.75, 3.05) is 0 Å². The van der Waals surface area contributed by atoms with Crippen molar-refractivity contribution in [2.45, 2.75) is 26.3 Å². The lowest BCUT2D eigenvalue weighted by atomic mass is 10.1. The van der Waals surface area contributed by atoms with Crippen molar-refractivity contribution < 1.29 is 14.6 Å². The predicted molar refractivity (Wildman–Crippen MR) is 78.4 cm³/mol. The van der Waals surface area contributed by atoms with E-state index in [1.54, 1.807) is 12.1 Å². The number of halogens is 1. The number of carboxylic acids is 1. The van der Waals surface area contributed by atoms with Crippen LogP contribution < -0.4 is 4.74 Å². The average molecular weight is 339 g/mol. The first-order chi connectivity index (χ1) is 9.29. The van der Waals surface area contributed by atoms with E-state index in [2.05, 4.69) is 21.0 Å². The van der Waals surface area contributed by atoms with Gasteiger partial charge in [0.1, 0.15) is 5.75 Å². The summed E-state index contributed by atoms with van der Waals surface area (Å²) in [6, 6.07) is 7.20. The zero-order valence-corrected chi connectivity index (χ0v) is 13.0. The summed E-state index contributed by atoms with van der Waals surface area (Å²) in [7, 11) is 0. The van der Waals surface area contributed by atoms with Crippen molar-refractivity contribution >= 4 is 21.9 Å². The molecule has 1 aromatic carbocycles. The van der Waals surface area contributed by atoms with Crippen LogP contribution in [0.3, 0.4) is 0 Å². The van der Waals surface area contributed by atoms with Crippen LogP contribution in [0, 0.1) is 0 Å². The van der Waals surface area contributed by atoms with Crippen LogP contribution in [0.1, 0.15) is 31.3 Å². The Balaban J connectivity index is 2.43. The Hall–Kier alpha value is -1.82. The summed E-state index contributed by atoms with van der Waals surface area (Å²) >= 11 is 3.34. The molecule has 0 bridgehead atoms. The highest BCUT2D eigenvalue weighted by Gasteiger charge is 2.26. The van der Waals surface area contributed by atoms with E-state index in [1.807, 2.05) is 32.9 Å². The smallest absolute Gasteiger partial charge is 0.358 e. The molecule has 6 heteroatoms. The Kier molecular flexibility index (Phi) is 3.85. The summed E-state index contributed by atoms with van der Waals surface area (Å²) in [5.74, 6) is -0.289. The quantitative estimate of drug-likeness (QED) is 0.921. The summed E-state index contributed by atoms with van der Waals surface area (Å²) < 4.78 is 7.94. The van der Waals surface area contributed by atoms with E-state index in [0.29, 0.717) is 5.75 Å². The first-order valence-corrected chi connectivity index (χ1v) is 6.83. The molecule has 0 saturated heterocycles. The van der Waals surface area contributed by atoms with Crippen LogP contribution in [0.2, 0.25) is 0 Å². The maximum absolute atomic E-state index is 11.5. The second-order valence-corrected chi connectivity index (χ2v) is 6.22. The summed E-state index contributed by atoms with van der Waals surface area (Å²) in [4.78, 5) is 11.5. The predicted octanol–water partition coefficient (Wildman–Crippen LogP) is 3.89. The Morgan fingerprint density at radius 2 is 2.10 bits per heavy atom. The largest absolute Gasteiger partial charge is 0.476 e. The molecule has 0 aliphatic carbocycles. The number of nitrogens with zero attached hydrogens (tertiary/aromatic N) is 2. The number of aromatic nitrogens is 2. The minimum atomic E-state index is -1.07. The van der Waals surface area contributed by atoms with Gasteiger partial charge in [-0.05, 0) is 39.0 Å². The zero-order chi connectivity index (χ0) is 14.9. The van der Waals surface area contributed by atoms with E-state index in [1.165, 1.54) is 10.9 Å². The van der Waals surface area contributed by atoms with Crippen molar-refractivity contribution in [3.8, 4) is 11.5 Å². The Morgan fingerprint density at radius 1 is 1.40 bits per heavy atom. The molecule has 20 heavy (non-hydrogen) atoms. The van der Waals surface area contributed by atoms with Crippen LogP contribution in [-0.2, 0) is 5.54 Å². The van der Waals surface area contributed by atoms with Gasteiger partial charge in [-0.2, -0.15) is 5.10 Å². The molecule has 1 N–H and O–H groups in total. The highest BCUT2D eigenvalue weighted by atomic mass is 79.9. The van der Waals surface area contributed by atoms with E-state index < -0.39 is 11.5 Å². The summed E-state index contributed by atoms with van der Waals surface area (Å²) in [5.41, 5.74) is -0.399. The summed E-state index contributed by atoms with van der Waals surface area (Å²) in [5, 5.41) is 13.5. The van der Waals surface area contributed by atoms with Gasteiger partial charge in [0.15, 0.2) is 11.4 Å². The number of benzene rings is 1. The molecule has 0 unspecified atom stereocenters. The topological polar surface area (TPSA) is 64.4 Å². The van der Waals surface area contributed by atoms with Gasteiger partial charge in [-0.15, -0.1) is 0 Å². The third-order valence-electron chi connectivity index (χ3n) is 2.60. The lowest BCUT2D eigenvalue weighted by Gasteiger charge is -2.21. The SMILES string of the molecule is CC(C)(C)n1ncc(Oc2cccc(Br)c2)c1C(=O)O. The van der Waals surface area contributed by atoms with Crippen LogP contribution in [-0.4, -0.2) is 20.9 Å². The second kappa shape index (κ2) is 5.28. The van der Waals surface area contributed by atoms with Crippen LogP contribution in [0.15, 0.2) is 34.9 Å². The van der Waals surface area contributed by atoms with Gasteiger partial charge in [0.05, 0.1) is 11.7 Å². The van der Waals surface area contributed by atoms with E-state index in [-0.39, 0.29) is 11.4 Å². The van der Waals surface area contributed by atoms with E-state index in [4.69, 9.17) is 4.74 Å². The van der Waals surface area contributed by atoms with Gasteiger partial charge in [0.25, 0.3) is 0 Å². The van der Waals surface area contributed by atoms with E-state index in [9.17, 15) is 9.90 Å². The van der Waals surface area contributed by atoms with Gasteiger partial charge in [-0.3, -0.25) is 0 Å². The number of rotatable bonds is 3. The molecule has 2 rings (SSSR count). The van der Waals surface area contributed by atoms with Crippen LogP contribution >= 0.6 is 15.9 Å². The van der Waals surface area contributed by atoms with Crippen molar-refractivity contribution in [3.63, 3.8) is 0 Å². The van der Waals surface area contributed by atoms with Gasteiger partial charge < -0.3 is 9.84 Å². The fraction of sp³-hybridized carbons (Fsp3) is 0.286. The maximum Gasteiger partial charge on any atom is 0.358 e. The summed E-state index contributed by atoms with van der Waals surface area (Å²) in [6.07, 6.45) is 1.43. The Morgan fingerprint density at radius 3 is 2.65 bits per heavy atom. The Labute approximate surface area is 125 Å². The molecule has 0 fully saturated rings. The molecule has 0 amide bonds. The summed E-state index contributed by atoms with van der Waals surface area (Å²) in [6.45, 7) is 5.65. The third kappa shape index (κ3) is 3.01. The monoisotopic (exact) mass is 338 g/mol. The molecule has 5 nitrogen and oxygen atoms in total. The molecule has 0 aliphatic heterocycles. The van der Waals surface area contributed by atoms with Gasteiger partial charge in [-0.25, -0.2) is 9.48 Å². The number of hydrogen-bond acceptors (Lipinski definition) is 3. The molecule has 1 aromatic heterocycles. The maximum atomic E-state index is 11.5. The van der Waals surface area contributed by atoms with Crippen LogP contribution in [0.5, 0.6) is 11.5 Å². The standard InChI is InChI=1S/C14H15BrN2O3/c1-14(2,3)17-12(13(18)19)11(8-16-17)20-10-6-4-5-9(15)7-10/h4-8H,1-3H3,(H,18,19). The first-order valence-electron chi connectivity index (χ1n) is 6.04. The molecule has 0 aliphatic rings. The average Bonchev–Trinajstić information content (AvgIpc) is 2.72. The highest BCUT2D eigenvalue weighted by Crippen LogP contribution is 2.29. The van der Waals surface area contributed by atoms with E-state index >= 15 is 0 Å². The molecule has 2 aromatic rings. The number of hydrogen-bond donors (Lipinski definition) is 1. The molecule has 0 spiro atoms. The number of carbonyl (C=O) groups is 1. The molecular weight excluding hydrogens is 324 g/mol. The molecular formula is C14H15BrN2O3. The van der Waals surface area contributed by atoms with Crippen molar-refractivity contribution in [2.24, 2.45) is 0 Å². The molecule has 0 radical (unpaired) electrons. The van der Waals surface area contributed by atoms with Crippen molar-refractivity contribution in [3.05, 3.63) is 40.6 Å². The van der Waals surface area contributed by atoms with Gasteiger partial charge in [0.2, 0.25) is 0 Å². The lowest BCUT2D eigenvalue weighted by molar-refractivity contribution is 0.0671. The number of carboxylic acid groups (broad SMARTS) is 1. The first kappa shape index (κ1) is 14.6. The number of aromatic carboxylic acids is 1. The second-order valence-electron chi connectivity index (χ2n) is 5.30. The minimum Gasteiger partial charge on any atom is -0.476 e. The fourth-order valence-corrected chi connectivity index (χ4v) is 2.15. The molecule has 106 valence electrons. The molecule has 0 atom stereocenters. The minimum absolute atomic E-state index is 0.0393. The van der Waals surface area contributed by atoms with Crippen LogP contribution in [0.4, 0.5) is 0 Å². The third-order valence-corrected chi connectivity index (χ3v) is 3.09. The highest BCUT2D eigenvalue weighted by molar-refractivity contribution is 9.10. The zero-order valence-electron chi connectivity index (χ0n) is 11.4. The lowest BCUT2D eigenvalue weighted by Crippen LogP contribution is -2.27. The van der Waals surface area contributed by atoms with Gasteiger partial charge in [0, 0.05) is 4.47 Å². The normalized spacial score (nSPS) is 11.4. The van der Waals surface area contributed by atoms with Crippen LogP contribution in [0.25, 0.3) is 0 Å². The van der Waals surface area contributed by atoms with Gasteiger partial charge >= 0.3 is 5.97 Å².